The van der Waals surface area contributed by atoms with Crippen LogP contribution in [-0.4, -0.2) is 85.6 Å². The molecule has 0 aromatic carbocycles. The van der Waals surface area contributed by atoms with Crippen LogP contribution in [0.5, 0.6) is 0 Å². The van der Waals surface area contributed by atoms with Gasteiger partial charge in [0.05, 0.1) is 23.8 Å². The van der Waals surface area contributed by atoms with Gasteiger partial charge >= 0.3 is 0 Å². The standard InChI is InChI=1S/C20H20N8O6S2/c21-15(29)8-1-10-2-23-7-28(10,3-8)4-9-5-35-18-13(17(31)27(18)14(9)19(32)33)25-16(30)12(26-34)11-6-36-20(22)24-11/h2,6-8,13,18H,1,3-5H2,(H6-,21,22,24,25,29,30,32,33,34)/t8?,13-,18-,28?/m1/s1. The molecule has 4 atom stereocenters. The minimum atomic E-state index is -1.52. The molecular weight excluding hydrogens is 512 g/mol. The summed E-state index contributed by atoms with van der Waals surface area (Å²) in [6, 6.07) is -1.05. The van der Waals surface area contributed by atoms with E-state index < -0.39 is 46.7 Å². The number of carboxylic acids is 1. The normalized spacial score (nSPS) is 28.9. The van der Waals surface area contributed by atoms with Crippen LogP contribution < -0.4 is 21.9 Å². The van der Waals surface area contributed by atoms with E-state index in [-0.39, 0.29) is 33.3 Å². The van der Waals surface area contributed by atoms with Crippen molar-refractivity contribution < 1.29 is 34.0 Å². The van der Waals surface area contributed by atoms with E-state index in [1.165, 1.54) is 17.1 Å². The number of nitrogens with zero attached hydrogens (tertiary/aromatic N) is 5. The number of amides is 3. The largest absolute Gasteiger partial charge is 0.543 e. The lowest BCUT2D eigenvalue weighted by atomic mass is 10.0. The first-order valence-electron chi connectivity index (χ1n) is 10.7. The van der Waals surface area contributed by atoms with E-state index in [1.807, 2.05) is 0 Å². The number of β-lactam (4-membered cyclic amide) rings is 1. The van der Waals surface area contributed by atoms with E-state index in [0.29, 0.717) is 18.5 Å². The molecule has 36 heavy (non-hydrogen) atoms. The van der Waals surface area contributed by atoms with Crippen LogP contribution in [-0.2, 0) is 19.2 Å². The Hall–Kier alpha value is -3.76. The number of nitrogens with one attached hydrogen (secondary N) is 1. The van der Waals surface area contributed by atoms with Crippen molar-refractivity contribution in [2.45, 2.75) is 17.8 Å². The van der Waals surface area contributed by atoms with Gasteiger partial charge in [0.25, 0.3) is 11.8 Å². The van der Waals surface area contributed by atoms with Gasteiger partial charge in [-0.05, 0) is 0 Å². The summed E-state index contributed by atoms with van der Waals surface area (Å²) >= 11 is 2.32. The zero-order valence-corrected chi connectivity index (χ0v) is 20.1. The molecule has 2 unspecified atom stereocenters. The molecule has 2 saturated heterocycles. The molecule has 14 nitrogen and oxygen atoms in total. The van der Waals surface area contributed by atoms with Crippen LogP contribution in [0.15, 0.2) is 38.7 Å². The number of hydrogen-bond donors (Lipinski definition) is 4. The highest BCUT2D eigenvalue weighted by molar-refractivity contribution is 8.00. The number of anilines is 1. The van der Waals surface area contributed by atoms with Crippen LogP contribution in [0.2, 0.25) is 0 Å². The van der Waals surface area contributed by atoms with Gasteiger partial charge in [0.1, 0.15) is 35.9 Å². The van der Waals surface area contributed by atoms with Gasteiger partial charge in [0, 0.05) is 23.1 Å². The number of quaternary nitrogens is 1. The smallest absolute Gasteiger partial charge is 0.276 e. The molecule has 188 valence electrons. The van der Waals surface area contributed by atoms with E-state index in [2.05, 4.69) is 20.4 Å². The fraction of sp³-hybridized carbons (Fsp3) is 0.350. The summed E-state index contributed by atoms with van der Waals surface area (Å²) in [6.07, 6.45) is 3.73. The molecule has 1 aromatic rings. The van der Waals surface area contributed by atoms with Crippen LogP contribution in [0.4, 0.5) is 5.13 Å². The maximum atomic E-state index is 13.0. The number of carbonyl (C=O) groups excluding carboxylic acids is 4. The molecular formula is C20H20N8O6S2. The molecule has 5 rings (SSSR count). The fourth-order valence-corrected chi connectivity index (χ4v) is 6.78. The molecule has 0 saturated carbocycles. The highest BCUT2D eigenvalue weighted by Crippen LogP contribution is 2.43. The number of aromatic nitrogens is 1. The topological polar surface area (TPSA) is 216 Å². The van der Waals surface area contributed by atoms with Crippen molar-refractivity contribution in [2.24, 2.45) is 21.8 Å². The Labute approximate surface area is 211 Å². The third-order valence-electron chi connectivity index (χ3n) is 6.57. The fourth-order valence-electron chi connectivity index (χ4n) is 4.90. The van der Waals surface area contributed by atoms with Gasteiger partial charge in [-0.25, -0.2) is 14.5 Å². The minimum Gasteiger partial charge on any atom is -0.543 e. The summed E-state index contributed by atoms with van der Waals surface area (Å²) in [4.78, 5) is 58.8. The molecule has 1 aromatic heterocycles. The molecule has 0 bridgehead atoms. The zero-order chi connectivity index (χ0) is 25.8. The number of oxime groups is 1. The van der Waals surface area contributed by atoms with Crippen molar-refractivity contribution in [3.05, 3.63) is 34.2 Å². The summed E-state index contributed by atoms with van der Waals surface area (Å²) in [7, 11) is 0. The Balaban J connectivity index is 1.36. The number of aliphatic imine (C=N–C) groups is 1. The lowest BCUT2D eigenvalue weighted by Crippen LogP contribution is -2.71. The van der Waals surface area contributed by atoms with Crippen LogP contribution >= 0.6 is 23.1 Å². The number of thiazole rings is 1. The van der Waals surface area contributed by atoms with E-state index in [0.717, 1.165) is 21.9 Å². The quantitative estimate of drug-likeness (QED) is 0.0959. The first-order chi connectivity index (χ1) is 17.1. The van der Waals surface area contributed by atoms with Gasteiger partial charge in [-0.3, -0.25) is 19.3 Å². The lowest BCUT2D eigenvalue weighted by molar-refractivity contribution is -0.778. The number of hydrogen-bond acceptors (Lipinski definition) is 12. The molecule has 16 heteroatoms. The van der Waals surface area contributed by atoms with E-state index in [4.69, 9.17) is 11.5 Å². The number of carbonyl (C=O) groups is 4. The number of carboxylic acid groups (broad SMARTS) is 1. The van der Waals surface area contributed by atoms with Crippen molar-refractivity contribution in [2.75, 3.05) is 24.6 Å². The molecule has 0 radical (unpaired) electrons. The summed E-state index contributed by atoms with van der Waals surface area (Å²) in [5.41, 5.74) is 11.7. The number of allylic oxidation sites excluding steroid dienone is 1. The first kappa shape index (κ1) is 24.0. The Bertz CT molecular complexity index is 1320. The third-order valence-corrected chi connectivity index (χ3v) is 8.58. The maximum Gasteiger partial charge on any atom is 0.276 e. The minimum absolute atomic E-state index is 0.0416. The summed E-state index contributed by atoms with van der Waals surface area (Å²) in [6.45, 7) is 0.537. The van der Waals surface area contributed by atoms with Crippen LogP contribution in [0.1, 0.15) is 12.1 Å². The Morgan fingerprint density at radius 3 is 2.81 bits per heavy atom. The SMILES string of the molecule is NC(=O)C1CC2=CN=C[N+]2(CC2=C(C(=O)[O-])N3C(=O)[C@@H](NC(=O)/C(=N\O)c4csc(N)n4)[C@H]3SC2)C1. The van der Waals surface area contributed by atoms with Gasteiger partial charge in [-0.1, -0.05) is 5.16 Å². The molecule has 3 amide bonds. The van der Waals surface area contributed by atoms with Crippen LogP contribution in [0.25, 0.3) is 0 Å². The van der Waals surface area contributed by atoms with Crippen molar-refractivity contribution in [3.63, 3.8) is 0 Å². The van der Waals surface area contributed by atoms with Crippen molar-refractivity contribution in [1.82, 2.24) is 15.2 Å². The number of nitrogen functional groups attached to an aromatic ring is 1. The number of aliphatic carboxylic acids is 1. The van der Waals surface area contributed by atoms with Crippen LogP contribution in [0, 0.1) is 5.92 Å². The maximum absolute atomic E-state index is 13.0. The van der Waals surface area contributed by atoms with Gasteiger partial charge in [0.2, 0.25) is 5.91 Å². The molecule has 5 heterocycles. The Kier molecular flexibility index (Phi) is 5.80. The second kappa shape index (κ2) is 8.72. The van der Waals surface area contributed by atoms with Gasteiger partial charge in [-0.15, -0.1) is 23.1 Å². The summed E-state index contributed by atoms with van der Waals surface area (Å²) < 4.78 is 0.167. The van der Waals surface area contributed by atoms with E-state index in [1.54, 1.807) is 12.5 Å². The number of nitrogens with two attached hydrogens (primary N) is 2. The number of primary amides is 1. The number of thioether (sulfide) groups is 1. The molecule has 4 aliphatic rings. The van der Waals surface area contributed by atoms with Gasteiger partial charge in [-0.2, -0.15) is 0 Å². The molecule has 4 aliphatic heterocycles. The highest BCUT2D eigenvalue weighted by atomic mass is 32.2. The Morgan fingerprint density at radius 2 is 2.17 bits per heavy atom. The Morgan fingerprint density at radius 1 is 1.39 bits per heavy atom. The van der Waals surface area contributed by atoms with Crippen molar-refractivity contribution >= 4 is 64.0 Å². The summed E-state index contributed by atoms with van der Waals surface area (Å²) in [5, 5.41) is 27.8. The monoisotopic (exact) mass is 532 g/mol. The number of rotatable bonds is 7. The lowest BCUT2D eigenvalue weighted by Gasteiger charge is -2.51. The number of fused-ring (bicyclic) bond motifs is 2. The first-order valence-corrected chi connectivity index (χ1v) is 12.6. The zero-order valence-electron chi connectivity index (χ0n) is 18.5. The van der Waals surface area contributed by atoms with E-state index in [9.17, 15) is 29.5 Å². The second-order valence-electron chi connectivity index (χ2n) is 8.68. The predicted molar refractivity (Wildman–Crippen MR) is 126 cm³/mol. The van der Waals surface area contributed by atoms with Gasteiger partial charge in [0.15, 0.2) is 17.2 Å². The van der Waals surface area contributed by atoms with Crippen molar-refractivity contribution in [3.8, 4) is 0 Å². The molecule has 0 aliphatic carbocycles. The summed E-state index contributed by atoms with van der Waals surface area (Å²) in [5.74, 6) is -3.62. The highest BCUT2D eigenvalue weighted by Gasteiger charge is 2.55. The molecule has 6 N–H and O–H groups in total. The second-order valence-corrected chi connectivity index (χ2v) is 10.7. The van der Waals surface area contributed by atoms with Gasteiger partial charge < -0.3 is 31.9 Å². The molecule has 0 spiro atoms. The predicted octanol–water partition coefficient (Wildman–Crippen LogP) is -2.49. The van der Waals surface area contributed by atoms with E-state index >= 15 is 0 Å². The average Bonchev–Trinajstić information content (AvgIpc) is 3.51. The van der Waals surface area contributed by atoms with Crippen molar-refractivity contribution in [1.29, 1.82) is 0 Å². The third kappa shape index (κ3) is 3.73. The van der Waals surface area contributed by atoms with Crippen LogP contribution in [0.3, 0.4) is 0 Å². The average molecular weight is 533 g/mol. The molecule has 2 fully saturated rings.